The van der Waals surface area contributed by atoms with Crippen LogP contribution in [0.25, 0.3) is 0 Å². The highest BCUT2D eigenvalue weighted by molar-refractivity contribution is 5.94. The molecule has 0 spiro atoms. The van der Waals surface area contributed by atoms with Crippen LogP contribution in [0.4, 0.5) is 11.4 Å². The van der Waals surface area contributed by atoms with E-state index < -0.39 is 16.9 Å². The molecule has 3 aromatic carbocycles. The van der Waals surface area contributed by atoms with Crippen molar-refractivity contribution in [3.63, 3.8) is 0 Å². The topological polar surface area (TPSA) is 99.9 Å². The molecule has 0 saturated heterocycles. The molecule has 1 atom stereocenters. The molecule has 0 aromatic heterocycles. The molecule has 0 aliphatic heterocycles. The van der Waals surface area contributed by atoms with Gasteiger partial charge in [-0.25, -0.2) is 0 Å². The summed E-state index contributed by atoms with van der Waals surface area (Å²) in [5.74, 6) is 1.03. The Hall–Kier alpha value is -4.07. The van der Waals surface area contributed by atoms with Gasteiger partial charge in [-0.1, -0.05) is 30.3 Å². The molecule has 0 aliphatic carbocycles. The van der Waals surface area contributed by atoms with Gasteiger partial charge in [-0.05, 0) is 49.4 Å². The fraction of sp³-hybridized carbons (Fsp3) is 0.174. The Bertz CT molecular complexity index is 1010. The van der Waals surface area contributed by atoms with Crippen LogP contribution in [0.2, 0.25) is 0 Å². The van der Waals surface area contributed by atoms with Gasteiger partial charge in [-0.2, -0.15) is 0 Å². The first-order chi connectivity index (χ1) is 15.0. The third-order valence-electron chi connectivity index (χ3n) is 4.22. The summed E-state index contributed by atoms with van der Waals surface area (Å²) < 4.78 is 16.7. The Morgan fingerprint density at radius 2 is 1.48 bits per heavy atom. The van der Waals surface area contributed by atoms with Crippen LogP contribution >= 0.6 is 0 Å². The molecule has 0 bridgehead atoms. The molecular formula is C23H22N2O6. The van der Waals surface area contributed by atoms with E-state index in [0.717, 1.165) is 5.75 Å². The number of nitro groups is 1. The van der Waals surface area contributed by atoms with E-state index in [1.807, 2.05) is 30.3 Å². The first-order valence-electron chi connectivity index (χ1n) is 9.64. The molecule has 160 valence electrons. The molecule has 31 heavy (non-hydrogen) atoms. The van der Waals surface area contributed by atoms with Crippen molar-refractivity contribution in [1.29, 1.82) is 0 Å². The summed E-state index contributed by atoms with van der Waals surface area (Å²) in [6.45, 7) is 2.31. The first-order valence-corrected chi connectivity index (χ1v) is 9.64. The fourth-order valence-electron chi connectivity index (χ4n) is 2.67. The maximum absolute atomic E-state index is 12.4. The summed E-state index contributed by atoms with van der Waals surface area (Å²) >= 11 is 0. The van der Waals surface area contributed by atoms with Gasteiger partial charge in [-0.3, -0.25) is 14.9 Å². The van der Waals surface area contributed by atoms with Gasteiger partial charge in [0.1, 0.15) is 24.7 Å². The van der Waals surface area contributed by atoms with Crippen molar-refractivity contribution in [3.8, 4) is 17.2 Å². The number of carbonyl (C=O) groups excluding carboxylic acids is 1. The second kappa shape index (κ2) is 10.6. The lowest BCUT2D eigenvalue weighted by Gasteiger charge is -2.15. The summed E-state index contributed by atoms with van der Waals surface area (Å²) in [4.78, 5) is 22.9. The average molecular weight is 422 g/mol. The number of amides is 1. The second-order valence-electron chi connectivity index (χ2n) is 6.51. The third-order valence-corrected chi connectivity index (χ3v) is 4.22. The van der Waals surface area contributed by atoms with Crippen molar-refractivity contribution < 1.29 is 23.9 Å². The SMILES string of the molecule is CC(Oc1ccccc1[N+](=O)[O-])C(=O)Nc1ccc(OCCOc2ccccc2)cc1. The average Bonchev–Trinajstić information content (AvgIpc) is 2.78. The van der Waals surface area contributed by atoms with Crippen molar-refractivity contribution in [2.45, 2.75) is 13.0 Å². The van der Waals surface area contributed by atoms with Gasteiger partial charge in [0.2, 0.25) is 0 Å². The number of rotatable bonds is 10. The third kappa shape index (κ3) is 6.46. The Morgan fingerprint density at radius 3 is 2.13 bits per heavy atom. The quantitative estimate of drug-likeness (QED) is 0.294. The van der Waals surface area contributed by atoms with Crippen molar-refractivity contribution in [2.75, 3.05) is 18.5 Å². The minimum Gasteiger partial charge on any atom is -0.490 e. The standard InChI is InChI=1S/C23H22N2O6/c1-17(31-22-10-6-5-9-21(22)25(27)28)23(26)24-18-11-13-20(14-12-18)30-16-15-29-19-7-3-2-4-8-19/h2-14,17H,15-16H2,1H3,(H,24,26). The van der Waals surface area contributed by atoms with E-state index in [1.54, 1.807) is 30.3 Å². The van der Waals surface area contributed by atoms with Crippen LogP contribution in [0.3, 0.4) is 0 Å². The highest BCUT2D eigenvalue weighted by Crippen LogP contribution is 2.27. The summed E-state index contributed by atoms with van der Waals surface area (Å²) in [6.07, 6.45) is -0.924. The van der Waals surface area contributed by atoms with Crippen molar-refractivity contribution in [3.05, 3.63) is 89.0 Å². The molecular weight excluding hydrogens is 400 g/mol. The van der Waals surface area contributed by atoms with Gasteiger partial charge in [0.05, 0.1) is 4.92 Å². The van der Waals surface area contributed by atoms with Crippen LogP contribution in [0, 0.1) is 10.1 Å². The molecule has 1 N–H and O–H groups in total. The van der Waals surface area contributed by atoms with Crippen LogP contribution in [-0.4, -0.2) is 30.1 Å². The number of ether oxygens (including phenoxy) is 3. The van der Waals surface area contributed by atoms with Crippen molar-refractivity contribution in [1.82, 2.24) is 0 Å². The number of carbonyl (C=O) groups is 1. The van der Waals surface area contributed by atoms with Gasteiger partial charge in [0.25, 0.3) is 5.91 Å². The van der Waals surface area contributed by atoms with Crippen LogP contribution < -0.4 is 19.5 Å². The van der Waals surface area contributed by atoms with E-state index in [1.165, 1.54) is 25.1 Å². The smallest absolute Gasteiger partial charge is 0.310 e. The highest BCUT2D eigenvalue weighted by Gasteiger charge is 2.20. The molecule has 0 aliphatic rings. The van der Waals surface area contributed by atoms with Gasteiger partial charge in [0.15, 0.2) is 11.9 Å². The zero-order chi connectivity index (χ0) is 22.1. The monoisotopic (exact) mass is 422 g/mol. The van der Waals surface area contributed by atoms with Gasteiger partial charge < -0.3 is 19.5 Å². The first kappa shape index (κ1) is 21.6. The lowest BCUT2D eigenvalue weighted by atomic mass is 10.2. The molecule has 8 heteroatoms. The number of para-hydroxylation sites is 3. The number of nitrogens with zero attached hydrogens (tertiary/aromatic N) is 1. The number of hydrogen-bond donors (Lipinski definition) is 1. The number of nitro benzene ring substituents is 1. The van der Waals surface area contributed by atoms with Crippen molar-refractivity contribution in [2.24, 2.45) is 0 Å². The lowest BCUT2D eigenvalue weighted by molar-refractivity contribution is -0.386. The largest absolute Gasteiger partial charge is 0.490 e. The van der Waals surface area contributed by atoms with Gasteiger partial charge >= 0.3 is 5.69 Å². The number of nitrogens with one attached hydrogen (secondary N) is 1. The van der Waals surface area contributed by atoms with E-state index >= 15 is 0 Å². The Morgan fingerprint density at radius 1 is 0.903 bits per heavy atom. The molecule has 3 aromatic rings. The summed E-state index contributed by atoms with van der Waals surface area (Å²) in [5.41, 5.74) is 0.357. The van der Waals surface area contributed by atoms with Crippen LogP contribution in [0.5, 0.6) is 17.2 Å². The molecule has 3 rings (SSSR count). The van der Waals surface area contributed by atoms with Gasteiger partial charge in [-0.15, -0.1) is 0 Å². The molecule has 0 radical (unpaired) electrons. The molecule has 1 unspecified atom stereocenters. The second-order valence-corrected chi connectivity index (χ2v) is 6.51. The number of hydrogen-bond acceptors (Lipinski definition) is 6. The predicted molar refractivity (Wildman–Crippen MR) is 116 cm³/mol. The minimum absolute atomic E-state index is 0.0385. The van der Waals surface area contributed by atoms with Crippen LogP contribution in [-0.2, 0) is 4.79 Å². The lowest BCUT2D eigenvalue weighted by Crippen LogP contribution is -2.30. The zero-order valence-corrected chi connectivity index (χ0v) is 16.9. The van der Waals surface area contributed by atoms with Crippen LogP contribution in [0.1, 0.15) is 6.92 Å². The van der Waals surface area contributed by atoms with Crippen molar-refractivity contribution >= 4 is 17.3 Å². The van der Waals surface area contributed by atoms with E-state index in [0.29, 0.717) is 24.7 Å². The number of benzene rings is 3. The zero-order valence-electron chi connectivity index (χ0n) is 16.9. The van der Waals surface area contributed by atoms with Gasteiger partial charge in [0, 0.05) is 11.8 Å². The Kier molecular flexibility index (Phi) is 7.42. The van der Waals surface area contributed by atoms with E-state index in [2.05, 4.69) is 5.32 Å². The Balaban J connectivity index is 1.46. The molecule has 8 nitrogen and oxygen atoms in total. The summed E-state index contributed by atoms with van der Waals surface area (Å²) in [5, 5.41) is 13.8. The predicted octanol–water partition coefficient (Wildman–Crippen LogP) is 4.46. The molecule has 0 saturated carbocycles. The van der Waals surface area contributed by atoms with E-state index in [-0.39, 0.29) is 11.4 Å². The molecule has 0 heterocycles. The minimum atomic E-state index is -0.924. The maximum Gasteiger partial charge on any atom is 0.310 e. The number of anilines is 1. The maximum atomic E-state index is 12.4. The normalized spacial score (nSPS) is 11.3. The Labute approximate surface area is 179 Å². The summed E-state index contributed by atoms with van der Waals surface area (Å²) in [6, 6.07) is 22.2. The highest BCUT2D eigenvalue weighted by atomic mass is 16.6. The summed E-state index contributed by atoms with van der Waals surface area (Å²) in [7, 11) is 0. The molecule has 1 amide bonds. The van der Waals surface area contributed by atoms with E-state index in [9.17, 15) is 14.9 Å². The van der Waals surface area contributed by atoms with Crippen LogP contribution in [0.15, 0.2) is 78.9 Å². The molecule has 0 fully saturated rings. The van der Waals surface area contributed by atoms with E-state index in [4.69, 9.17) is 14.2 Å². The fourth-order valence-corrected chi connectivity index (χ4v) is 2.67.